The van der Waals surface area contributed by atoms with Crippen molar-refractivity contribution in [2.75, 3.05) is 12.5 Å². The Hall–Kier alpha value is -2.49. The number of methoxy groups -OCH3 is 1. The van der Waals surface area contributed by atoms with E-state index in [4.69, 9.17) is 4.74 Å². The number of carbonyl (C=O) groups is 1. The Morgan fingerprint density at radius 2 is 1.74 bits per heavy atom. The fourth-order valence-corrected chi connectivity index (χ4v) is 1.73. The number of hydrogen-bond donors (Lipinski definition) is 2. The van der Waals surface area contributed by atoms with Gasteiger partial charge in [-0.15, -0.1) is 0 Å². The molecule has 2 aromatic carbocycles. The van der Waals surface area contributed by atoms with Crippen molar-refractivity contribution < 1.29 is 9.53 Å². The molecule has 0 fully saturated rings. The molecule has 0 spiro atoms. The Balaban J connectivity index is 1.91. The van der Waals surface area contributed by atoms with Crippen LogP contribution in [-0.2, 0) is 11.2 Å². The van der Waals surface area contributed by atoms with Gasteiger partial charge in [-0.2, -0.15) is 0 Å². The fraction of sp³-hybridized carbons (Fsp3) is 0.133. The monoisotopic (exact) mass is 256 g/mol. The van der Waals surface area contributed by atoms with Gasteiger partial charge in [-0.1, -0.05) is 36.4 Å². The van der Waals surface area contributed by atoms with Gasteiger partial charge in [0.05, 0.1) is 19.2 Å². The highest BCUT2D eigenvalue weighted by molar-refractivity contribution is 5.80. The molecule has 0 saturated heterocycles. The van der Waals surface area contributed by atoms with Crippen LogP contribution >= 0.6 is 0 Å². The molecule has 0 atom stereocenters. The molecule has 98 valence electrons. The first kappa shape index (κ1) is 13.0. The van der Waals surface area contributed by atoms with Gasteiger partial charge in [0.15, 0.2) is 0 Å². The maximum absolute atomic E-state index is 11.8. The smallest absolute Gasteiger partial charge is 0.242 e. The molecule has 0 unspecified atom stereocenters. The zero-order valence-corrected chi connectivity index (χ0v) is 10.7. The average molecular weight is 256 g/mol. The molecule has 0 saturated carbocycles. The van der Waals surface area contributed by atoms with E-state index >= 15 is 0 Å². The van der Waals surface area contributed by atoms with Crippen molar-refractivity contribution >= 4 is 11.6 Å². The Bertz CT molecular complexity index is 541. The van der Waals surface area contributed by atoms with Crippen LogP contribution < -0.4 is 15.6 Å². The molecule has 0 bridgehead atoms. The van der Waals surface area contributed by atoms with Crippen LogP contribution in [0.4, 0.5) is 5.69 Å². The minimum atomic E-state index is -0.117. The summed E-state index contributed by atoms with van der Waals surface area (Å²) >= 11 is 0. The number of rotatable bonds is 5. The van der Waals surface area contributed by atoms with Crippen molar-refractivity contribution in [1.29, 1.82) is 0 Å². The summed E-state index contributed by atoms with van der Waals surface area (Å²) in [7, 11) is 1.60. The first-order valence-corrected chi connectivity index (χ1v) is 6.01. The number of amides is 1. The Morgan fingerprint density at radius 1 is 1.05 bits per heavy atom. The van der Waals surface area contributed by atoms with Crippen molar-refractivity contribution in [3.8, 4) is 5.75 Å². The third kappa shape index (κ3) is 3.74. The number of hydrogen-bond acceptors (Lipinski definition) is 3. The summed E-state index contributed by atoms with van der Waals surface area (Å²) in [6, 6.07) is 16.9. The molecular formula is C15H16N2O2. The van der Waals surface area contributed by atoms with Gasteiger partial charge in [0.25, 0.3) is 0 Å². The Morgan fingerprint density at radius 3 is 2.47 bits per heavy atom. The zero-order chi connectivity index (χ0) is 13.5. The van der Waals surface area contributed by atoms with E-state index in [-0.39, 0.29) is 12.3 Å². The SMILES string of the molecule is COc1ccccc1CC(=O)NNc1ccccc1. The van der Waals surface area contributed by atoms with Crippen LogP contribution in [0.2, 0.25) is 0 Å². The van der Waals surface area contributed by atoms with Gasteiger partial charge in [-0.3, -0.25) is 15.6 Å². The van der Waals surface area contributed by atoms with Gasteiger partial charge < -0.3 is 4.74 Å². The van der Waals surface area contributed by atoms with Crippen molar-refractivity contribution in [1.82, 2.24) is 5.43 Å². The minimum absolute atomic E-state index is 0.117. The second-order valence-corrected chi connectivity index (χ2v) is 4.03. The van der Waals surface area contributed by atoms with E-state index in [9.17, 15) is 4.79 Å². The fourth-order valence-electron chi connectivity index (χ4n) is 1.73. The van der Waals surface area contributed by atoms with E-state index < -0.39 is 0 Å². The summed E-state index contributed by atoms with van der Waals surface area (Å²) in [6.45, 7) is 0. The van der Waals surface area contributed by atoms with Crippen LogP contribution in [0, 0.1) is 0 Å². The lowest BCUT2D eigenvalue weighted by molar-refractivity contribution is -0.119. The van der Waals surface area contributed by atoms with Crippen molar-refractivity contribution in [3.05, 3.63) is 60.2 Å². The number of anilines is 1. The Kier molecular flexibility index (Phi) is 4.39. The lowest BCUT2D eigenvalue weighted by Crippen LogP contribution is -2.30. The summed E-state index contributed by atoms with van der Waals surface area (Å²) in [5, 5.41) is 0. The van der Waals surface area contributed by atoms with Crippen LogP contribution in [0.3, 0.4) is 0 Å². The van der Waals surface area contributed by atoms with Gasteiger partial charge in [-0.05, 0) is 18.2 Å². The maximum atomic E-state index is 11.8. The predicted molar refractivity (Wildman–Crippen MR) is 74.9 cm³/mol. The summed E-state index contributed by atoms with van der Waals surface area (Å²) in [6.07, 6.45) is 0.268. The molecule has 0 heterocycles. The highest BCUT2D eigenvalue weighted by atomic mass is 16.5. The van der Waals surface area contributed by atoms with Gasteiger partial charge >= 0.3 is 0 Å². The molecule has 0 aliphatic carbocycles. The topological polar surface area (TPSA) is 50.4 Å². The van der Waals surface area contributed by atoms with E-state index in [2.05, 4.69) is 10.9 Å². The molecule has 4 nitrogen and oxygen atoms in total. The predicted octanol–water partition coefficient (Wildman–Crippen LogP) is 2.38. The quantitative estimate of drug-likeness (QED) is 0.807. The molecule has 2 rings (SSSR count). The minimum Gasteiger partial charge on any atom is -0.496 e. The molecule has 2 N–H and O–H groups in total. The van der Waals surface area contributed by atoms with Gasteiger partial charge in [0.1, 0.15) is 5.75 Å². The summed E-state index contributed by atoms with van der Waals surface area (Å²) < 4.78 is 5.21. The lowest BCUT2D eigenvalue weighted by Gasteiger charge is -2.10. The normalized spacial score (nSPS) is 9.74. The van der Waals surface area contributed by atoms with Gasteiger partial charge in [-0.25, -0.2) is 0 Å². The van der Waals surface area contributed by atoms with E-state index in [1.54, 1.807) is 7.11 Å². The summed E-state index contributed by atoms with van der Waals surface area (Å²) in [5.41, 5.74) is 7.22. The molecule has 4 heteroatoms. The van der Waals surface area contributed by atoms with Crippen LogP contribution in [-0.4, -0.2) is 13.0 Å². The highest BCUT2D eigenvalue weighted by Crippen LogP contribution is 2.17. The average Bonchev–Trinajstić information content (AvgIpc) is 2.47. The first-order chi connectivity index (χ1) is 9.29. The van der Waals surface area contributed by atoms with E-state index in [1.165, 1.54) is 0 Å². The first-order valence-electron chi connectivity index (χ1n) is 6.01. The molecule has 0 aliphatic rings. The van der Waals surface area contributed by atoms with Crippen LogP contribution in [0.1, 0.15) is 5.56 Å². The molecule has 0 radical (unpaired) electrons. The lowest BCUT2D eigenvalue weighted by atomic mass is 10.1. The van der Waals surface area contributed by atoms with Crippen molar-refractivity contribution in [3.63, 3.8) is 0 Å². The molecule has 0 aliphatic heterocycles. The van der Waals surface area contributed by atoms with E-state index in [0.29, 0.717) is 0 Å². The third-order valence-corrected chi connectivity index (χ3v) is 2.66. The van der Waals surface area contributed by atoms with Gasteiger partial charge in [0.2, 0.25) is 5.91 Å². The standard InChI is InChI=1S/C15H16N2O2/c1-19-14-10-6-5-7-12(14)11-15(18)17-16-13-8-3-2-4-9-13/h2-10,16H,11H2,1H3,(H,17,18). The Labute approximate surface area is 112 Å². The van der Waals surface area contributed by atoms with Gasteiger partial charge in [0, 0.05) is 5.56 Å². The molecule has 2 aromatic rings. The molecule has 1 amide bonds. The van der Waals surface area contributed by atoms with Crippen LogP contribution in [0.15, 0.2) is 54.6 Å². The second-order valence-electron chi connectivity index (χ2n) is 4.03. The van der Waals surface area contributed by atoms with Crippen LogP contribution in [0.5, 0.6) is 5.75 Å². The number of carbonyl (C=O) groups excluding carboxylic acids is 1. The van der Waals surface area contributed by atoms with Crippen molar-refractivity contribution in [2.24, 2.45) is 0 Å². The number of benzene rings is 2. The zero-order valence-electron chi connectivity index (χ0n) is 10.7. The van der Waals surface area contributed by atoms with E-state index in [1.807, 2.05) is 54.6 Å². The van der Waals surface area contributed by atoms with Crippen LogP contribution in [0.25, 0.3) is 0 Å². The third-order valence-electron chi connectivity index (χ3n) is 2.66. The second kappa shape index (κ2) is 6.44. The number of para-hydroxylation sites is 2. The number of hydrazine groups is 1. The maximum Gasteiger partial charge on any atom is 0.242 e. The highest BCUT2D eigenvalue weighted by Gasteiger charge is 2.07. The number of ether oxygens (including phenoxy) is 1. The number of nitrogens with one attached hydrogen (secondary N) is 2. The van der Waals surface area contributed by atoms with Crippen molar-refractivity contribution in [2.45, 2.75) is 6.42 Å². The molecular weight excluding hydrogens is 240 g/mol. The largest absolute Gasteiger partial charge is 0.496 e. The molecule has 19 heavy (non-hydrogen) atoms. The summed E-state index contributed by atoms with van der Waals surface area (Å²) in [5.74, 6) is 0.603. The van der Waals surface area contributed by atoms with E-state index in [0.717, 1.165) is 17.0 Å². The molecule has 0 aromatic heterocycles. The summed E-state index contributed by atoms with van der Waals surface area (Å²) in [4.78, 5) is 11.8.